The fourth-order valence-electron chi connectivity index (χ4n) is 2.43. The highest BCUT2D eigenvalue weighted by Crippen LogP contribution is 2.47. The number of aliphatic hydroxyl groups is 1. The summed E-state index contributed by atoms with van der Waals surface area (Å²) in [5, 5.41) is 16.7. The Morgan fingerprint density at radius 1 is 1.19 bits per heavy atom. The molecule has 0 radical (unpaired) electrons. The number of halogens is 6. The molecule has 1 aliphatic rings. The van der Waals surface area contributed by atoms with E-state index in [4.69, 9.17) is 0 Å². The number of oxime groups is 1. The van der Waals surface area contributed by atoms with E-state index in [0.717, 1.165) is 19.3 Å². The van der Waals surface area contributed by atoms with Crippen molar-refractivity contribution in [3.63, 3.8) is 0 Å². The number of hydrogen-bond donors (Lipinski definition) is 3. The predicted octanol–water partition coefficient (Wildman–Crippen LogP) is 3.46. The van der Waals surface area contributed by atoms with E-state index in [0.29, 0.717) is 12.3 Å². The molecule has 1 unspecified atom stereocenters. The Labute approximate surface area is 152 Å². The van der Waals surface area contributed by atoms with Crippen molar-refractivity contribution in [2.75, 3.05) is 6.54 Å². The number of nitrogens with zero attached hydrogens (tertiary/aromatic N) is 1. The van der Waals surface area contributed by atoms with Gasteiger partial charge in [0.25, 0.3) is 5.60 Å². The molecule has 2 amide bonds. The van der Waals surface area contributed by atoms with Crippen LogP contribution in [-0.4, -0.2) is 47.6 Å². The first-order valence-corrected chi connectivity index (χ1v) is 8.42. The maximum absolute atomic E-state index is 12.8. The third-order valence-electron chi connectivity index (χ3n) is 4.00. The monoisotopic (exact) mass is 407 g/mol. The van der Waals surface area contributed by atoms with Crippen LogP contribution in [0.5, 0.6) is 0 Å². The third-order valence-corrected chi connectivity index (χ3v) is 4.00. The Balaban J connectivity index is 2.47. The normalized spacial score (nSPS) is 18.3. The van der Waals surface area contributed by atoms with Gasteiger partial charge in [-0.15, -0.1) is 0 Å². The number of urea groups is 1. The number of amides is 2. The molecule has 0 aliphatic carbocycles. The molecule has 158 valence electrons. The van der Waals surface area contributed by atoms with Gasteiger partial charge in [0.1, 0.15) is 0 Å². The lowest BCUT2D eigenvalue weighted by molar-refractivity contribution is -0.392. The summed E-state index contributed by atoms with van der Waals surface area (Å²) < 4.78 is 76.6. The molecule has 0 fully saturated rings. The van der Waals surface area contributed by atoms with Gasteiger partial charge >= 0.3 is 18.4 Å². The molecular weight excluding hydrogens is 384 g/mol. The number of carbonyl (C=O) groups excluding carboxylic acids is 1. The highest BCUT2D eigenvalue weighted by atomic mass is 19.4. The van der Waals surface area contributed by atoms with Gasteiger partial charge in [-0.25, -0.2) is 4.79 Å². The summed E-state index contributed by atoms with van der Waals surface area (Å²) in [6.07, 6.45) is -12.3. The van der Waals surface area contributed by atoms with Crippen molar-refractivity contribution in [3.8, 4) is 0 Å². The number of rotatable bonds is 7. The molecule has 0 saturated heterocycles. The van der Waals surface area contributed by atoms with E-state index in [1.807, 2.05) is 5.32 Å². The lowest BCUT2D eigenvalue weighted by Crippen LogP contribution is -2.64. The van der Waals surface area contributed by atoms with Crippen molar-refractivity contribution in [2.24, 2.45) is 11.1 Å². The Morgan fingerprint density at radius 2 is 1.78 bits per heavy atom. The maximum atomic E-state index is 12.8. The van der Waals surface area contributed by atoms with Crippen LogP contribution in [0.4, 0.5) is 31.1 Å². The summed E-state index contributed by atoms with van der Waals surface area (Å²) in [6.45, 7) is 4.46. The second-order valence-corrected chi connectivity index (χ2v) is 6.72. The van der Waals surface area contributed by atoms with Gasteiger partial charge in [0.05, 0.1) is 6.42 Å². The molecule has 0 spiro atoms. The molecule has 1 aliphatic heterocycles. The molecule has 1 atom stereocenters. The molecule has 0 bridgehead atoms. The first-order valence-electron chi connectivity index (χ1n) is 8.42. The van der Waals surface area contributed by atoms with Crippen LogP contribution in [0.1, 0.15) is 46.0 Å². The van der Waals surface area contributed by atoms with Crippen LogP contribution in [0, 0.1) is 5.92 Å². The van der Waals surface area contributed by atoms with Crippen molar-refractivity contribution in [3.05, 3.63) is 0 Å². The van der Waals surface area contributed by atoms with Crippen molar-refractivity contribution in [1.82, 2.24) is 10.6 Å². The van der Waals surface area contributed by atoms with Crippen molar-refractivity contribution in [1.29, 1.82) is 0 Å². The zero-order chi connectivity index (χ0) is 20.9. The molecule has 0 saturated carbocycles. The largest absolute Gasteiger partial charge is 0.430 e. The molecular formula is C15H23F6N3O3. The number of unbranched alkanes of at least 4 members (excludes halogenated alkanes) is 2. The van der Waals surface area contributed by atoms with Crippen LogP contribution in [0.2, 0.25) is 0 Å². The summed E-state index contributed by atoms with van der Waals surface area (Å²) in [6, 6.07) is -0.829. The zero-order valence-corrected chi connectivity index (χ0v) is 14.9. The van der Waals surface area contributed by atoms with Crippen LogP contribution >= 0.6 is 0 Å². The standard InChI is InChI=1S/C15H23F6N3O3/c1-9(2)6-4-3-5-7-22-12(25)23-11-8-10(27-24-11)13(26,14(16,17)18)15(19,20)21/h9-10,26H,3-8H2,1-2H3,(H2,22,23,24,25). The number of carbonyl (C=O) groups is 1. The van der Waals surface area contributed by atoms with Gasteiger partial charge in [-0.1, -0.05) is 38.3 Å². The van der Waals surface area contributed by atoms with Crippen LogP contribution in [0.3, 0.4) is 0 Å². The molecule has 12 heteroatoms. The van der Waals surface area contributed by atoms with Gasteiger partial charge in [-0.05, 0) is 12.3 Å². The SMILES string of the molecule is CC(C)CCCCCNC(=O)NC1=NOC(C(O)(C(F)(F)F)C(F)(F)F)C1. The molecule has 1 heterocycles. The van der Waals surface area contributed by atoms with Crippen LogP contribution in [0.25, 0.3) is 0 Å². The average molecular weight is 407 g/mol. The smallest absolute Gasteiger partial charge is 0.387 e. The van der Waals surface area contributed by atoms with Crippen molar-refractivity contribution >= 4 is 11.9 Å². The second kappa shape index (κ2) is 8.98. The van der Waals surface area contributed by atoms with Gasteiger partial charge in [0.15, 0.2) is 11.9 Å². The quantitative estimate of drug-likeness (QED) is 0.447. The number of amidine groups is 1. The topological polar surface area (TPSA) is 83.0 Å². The summed E-state index contributed by atoms with van der Waals surface area (Å²) in [5.74, 6) is 0.0332. The molecule has 1 rings (SSSR count). The lowest BCUT2D eigenvalue weighted by Gasteiger charge is -2.34. The summed E-state index contributed by atoms with van der Waals surface area (Å²) in [5.41, 5.74) is -5.10. The van der Waals surface area contributed by atoms with Gasteiger partial charge in [-0.2, -0.15) is 26.3 Å². The fourth-order valence-corrected chi connectivity index (χ4v) is 2.43. The van der Waals surface area contributed by atoms with E-state index in [1.165, 1.54) is 0 Å². The first kappa shape index (κ1) is 23.3. The van der Waals surface area contributed by atoms with Gasteiger partial charge in [-0.3, -0.25) is 5.32 Å². The molecule has 27 heavy (non-hydrogen) atoms. The van der Waals surface area contributed by atoms with E-state index in [-0.39, 0.29) is 6.54 Å². The average Bonchev–Trinajstić information content (AvgIpc) is 2.95. The molecule has 6 nitrogen and oxygen atoms in total. The molecule has 0 aromatic rings. The minimum absolute atomic E-state index is 0.288. The molecule has 0 aromatic heterocycles. The Bertz CT molecular complexity index is 520. The van der Waals surface area contributed by atoms with Crippen LogP contribution in [-0.2, 0) is 4.84 Å². The summed E-state index contributed by atoms with van der Waals surface area (Å²) in [7, 11) is 0. The fraction of sp³-hybridized carbons (Fsp3) is 0.867. The number of hydrogen-bond acceptors (Lipinski definition) is 4. The van der Waals surface area contributed by atoms with Crippen LogP contribution in [0.15, 0.2) is 5.16 Å². The Morgan fingerprint density at radius 3 is 2.30 bits per heavy atom. The number of alkyl halides is 6. The second-order valence-electron chi connectivity index (χ2n) is 6.72. The third kappa shape index (κ3) is 6.15. The summed E-state index contributed by atoms with van der Waals surface area (Å²) in [4.78, 5) is 15.7. The zero-order valence-electron chi connectivity index (χ0n) is 14.9. The van der Waals surface area contributed by atoms with Crippen LogP contribution < -0.4 is 10.6 Å². The van der Waals surface area contributed by atoms with E-state index in [9.17, 15) is 36.2 Å². The maximum Gasteiger partial charge on any atom is 0.430 e. The number of nitrogens with one attached hydrogen (secondary N) is 2. The van der Waals surface area contributed by atoms with Crippen molar-refractivity contribution < 1.29 is 41.1 Å². The Kier molecular flexibility index (Phi) is 7.76. The minimum Gasteiger partial charge on any atom is -0.387 e. The van der Waals surface area contributed by atoms with Gasteiger partial charge in [0, 0.05) is 6.54 Å². The van der Waals surface area contributed by atoms with E-state index in [1.54, 1.807) is 0 Å². The predicted molar refractivity (Wildman–Crippen MR) is 83.8 cm³/mol. The van der Waals surface area contributed by atoms with Crippen molar-refractivity contribution in [2.45, 2.75) is 70.0 Å². The van der Waals surface area contributed by atoms with E-state index >= 15 is 0 Å². The van der Waals surface area contributed by atoms with E-state index < -0.39 is 42.3 Å². The van der Waals surface area contributed by atoms with E-state index in [2.05, 4.69) is 29.2 Å². The lowest BCUT2D eigenvalue weighted by atomic mass is 9.92. The molecule has 3 N–H and O–H groups in total. The van der Waals surface area contributed by atoms with Gasteiger partial charge in [0.2, 0.25) is 0 Å². The summed E-state index contributed by atoms with van der Waals surface area (Å²) >= 11 is 0. The first-order chi connectivity index (χ1) is 12.3. The van der Waals surface area contributed by atoms with Gasteiger partial charge < -0.3 is 15.3 Å². The Hall–Kier alpha value is -1.72. The minimum atomic E-state index is -6.03. The highest BCUT2D eigenvalue weighted by molar-refractivity contribution is 5.98. The highest BCUT2D eigenvalue weighted by Gasteiger charge is 2.76. The molecule has 0 aromatic carbocycles.